The monoisotopic (exact) mass is 381 g/mol. The first-order valence-corrected chi connectivity index (χ1v) is 8.48. The van der Waals surface area contributed by atoms with E-state index in [2.05, 4.69) is 15.0 Å². The Labute approximate surface area is 154 Å². The number of nitrogens with two attached hydrogens (primary N) is 3. The van der Waals surface area contributed by atoms with Gasteiger partial charge in [0.2, 0.25) is 0 Å². The molecule has 0 spiro atoms. The van der Waals surface area contributed by atoms with Crippen molar-refractivity contribution >= 4 is 23.0 Å². The van der Waals surface area contributed by atoms with E-state index in [-0.39, 0.29) is 18.7 Å². The van der Waals surface area contributed by atoms with E-state index < -0.39 is 42.6 Å². The van der Waals surface area contributed by atoms with Crippen LogP contribution in [-0.4, -0.2) is 71.2 Å². The van der Waals surface area contributed by atoms with Crippen LogP contribution in [0.3, 0.4) is 0 Å². The Bertz CT molecular complexity index is 815. The molecule has 6 atom stereocenters. The van der Waals surface area contributed by atoms with E-state index in [1.165, 1.54) is 17.2 Å². The molecule has 0 bridgehead atoms. The summed E-state index contributed by atoms with van der Waals surface area (Å²) >= 11 is 0. The number of rotatable bonds is 7. The van der Waals surface area contributed by atoms with Gasteiger partial charge >= 0.3 is 5.97 Å². The predicted octanol–water partition coefficient (Wildman–Crippen LogP) is -2.06. The maximum absolute atomic E-state index is 10.8. The van der Waals surface area contributed by atoms with Crippen molar-refractivity contribution in [2.24, 2.45) is 11.5 Å². The van der Waals surface area contributed by atoms with Crippen LogP contribution in [0.1, 0.15) is 25.5 Å². The number of carboxylic acid groups (broad SMARTS) is 1. The number of nitrogen functional groups attached to an aromatic ring is 1. The van der Waals surface area contributed by atoms with Crippen molar-refractivity contribution in [3.8, 4) is 0 Å². The number of imidazole rings is 1. The first-order chi connectivity index (χ1) is 12.8. The van der Waals surface area contributed by atoms with Crippen molar-refractivity contribution < 1.29 is 24.9 Å². The quantitative estimate of drug-likeness (QED) is 0.307. The Hall–Kier alpha value is -2.38. The molecule has 9 N–H and O–H groups in total. The van der Waals surface area contributed by atoms with Gasteiger partial charge in [0, 0.05) is 6.04 Å². The van der Waals surface area contributed by atoms with Gasteiger partial charge in [0.15, 0.2) is 17.7 Å². The molecule has 0 aromatic carbocycles. The number of carbonyl (C=O) groups is 1. The van der Waals surface area contributed by atoms with Gasteiger partial charge in [0.05, 0.1) is 12.4 Å². The lowest BCUT2D eigenvalue weighted by molar-refractivity contribution is -0.138. The zero-order chi connectivity index (χ0) is 19.7. The molecule has 12 heteroatoms. The summed E-state index contributed by atoms with van der Waals surface area (Å²) in [5.41, 5.74) is 18.0. The lowest BCUT2D eigenvalue weighted by Gasteiger charge is -2.20. The molecule has 0 saturated carbocycles. The highest BCUT2D eigenvalue weighted by molar-refractivity contribution is 5.81. The highest BCUT2D eigenvalue weighted by Gasteiger charge is 2.44. The number of ether oxygens (including phenoxy) is 1. The second kappa shape index (κ2) is 7.70. The van der Waals surface area contributed by atoms with Crippen molar-refractivity contribution in [2.45, 2.75) is 55.9 Å². The normalized spacial score (nSPS) is 27.7. The number of aliphatic hydroxyl groups excluding tert-OH is 2. The SMILES string of the molecule is Nc1ncnc2c1ncn2[C@@H]1O[C@H](C[C@H](N)CC[C@@H](N)C(=O)O)C(O)[C@@H]1O. The average molecular weight is 381 g/mol. The number of carboxylic acids is 1. The summed E-state index contributed by atoms with van der Waals surface area (Å²) in [6.45, 7) is 0. The van der Waals surface area contributed by atoms with Crippen LogP contribution in [0.4, 0.5) is 5.82 Å². The van der Waals surface area contributed by atoms with Gasteiger partial charge in [-0.3, -0.25) is 9.36 Å². The fraction of sp³-hybridized carbons (Fsp3) is 0.600. The molecule has 0 amide bonds. The van der Waals surface area contributed by atoms with E-state index >= 15 is 0 Å². The van der Waals surface area contributed by atoms with Gasteiger partial charge in [0.1, 0.15) is 30.1 Å². The molecule has 1 fully saturated rings. The van der Waals surface area contributed by atoms with E-state index in [9.17, 15) is 15.0 Å². The number of aliphatic hydroxyl groups is 2. The van der Waals surface area contributed by atoms with E-state index in [1.807, 2.05) is 0 Å². The number of anilines is 1. The number of hydrogen-bond donors (Lipinski definition) is 6. The molecule has 0 radical (unpaired) electrons. The topological polar surface area (TPSA) is 209 Å². The maximum atomic E-state index is 10.8. The van der Waals surface area contributed by atoms with Crippen LogP contribution >= 0.6 is 0 Å². The summed E-state index contributed by atoms with van der Waals surface area (Å²) in [5.74, 6) is -0.900. The second-order valence-electron chi connectivity index (χ2n) is 6.65. The van der Waals surface area contributed by atoms with Crippen molar-refractivity contribution in [2.75, 3.05) is 5.73 Å². The zero-order valence-corrected chi connectivity index (χ0v) is 14.4. The van der Waals surface area contributed by atoms with Crippen LogP contribution in [0.2, 0.25) is 0 Å². The van der Waals surface area contributed by atoms with Crippen molar-refractivity contribution in [3.63, 3.8) is 0 Å². The first kappa shape index (κ1) is 19.4. The second-order valence-corrected chi connectivity index (χ2v) is 6.65. The lowest BCUT2D eigenvalue weighted by Crippen LogP contribution is -2.37. The summed E-state index contributed by atoms with van der Waals surface area (Å²) < 4.78 is 7.28. The lowest BCUT2D eigenvalue weighted by atomic mass is 9.98. The Morgan fingerprint density at radius 1 is 1.22 bits per heavy atom. The Kier molecular flexibility index (Phi) is 5.53. The van der Waals surface area contributed by atoms with E-state index in [4.69, 9.17) is 27.0 Å². The third-order valence-electron chi connectivity index (χ3n) is 4.70. The predicted molar refractivity (Wildman–Crippen MR) is 93.1 cm³/mol. The fourth-order valence-electron chi connectivity index (χ4n) is 3.14. The summed E-state index contributed by atoms with van der Waals surface area (Å²) in [6, 6.07) is -1.44. The van der Waals surface area contributed by atoms with Crippen molar-refractivity contribution in [1.29, 1.82) is 0 Å². The van der Waals surface area contributed by atoms with Crippen molar-refractivity contribution in [1.82, 2.24) is 19.5 Å². The summed E-state index contributed by atoms with van der Waals surface area (Å²) in [5, 5.41) is 29.5. The minimum Gasteiger partial charge on any atom is -0.480 e. The maximum Gasteiger partial charge on any atom is 0.320 e. The smallest absolute Gasteiger partial charge is 0.320 e. The molecule has 0 aliphatic carbocycles. The molecule has 27 heavy (non-hydrogen) atoms. The Morgan fingerprint density at radius 3 is 2.67 bits per heavy atom. The van der Waals surface area contributed by atoms with E-state index in [1.54, 1.807) is 0 Å². The number of fused-ring (bicyclic) bond motifs is 1. The molecule has 1 saturated heterocycles. The highest BCUT2D eigenvalue weighted by Crippen LogP contribution is 2.33. The van der Waals surface area contributed by atoms with Gasteiger partial charge in [0.25, 0.3) is 0 Å². The molecule has 3 heterocycles. The van der Waals surface area contributed by atoms with Crippen LogP contribution in [0.15, 0.2) is 12.7 Å². The molecule has 1 aliphatic rings. The molecule has 148 valence electrons. The number of aliphatic carboxylic acids is 1. The third kappa shape index (κ3) is 3.84. The van der Waals surface area contributed by atoms with Crippen LogP contribution in [0.5, 0.6) is 0 Å². The number of hydrogen-bond acceptors (Lipinski definition) is 10. The fourth-order valence-corrected chi connectivity index (χ4v) is 3.14. The minimum absolute atomic E-state index is 0.195. The summed E-state index contributed by atoms with van der Waals surface area (Å²) in [7, 11) is 0. The number of nitrogens with zero attached hydrogens (tertiary/aromatic N) is 4. The highest BCUT2D eigenvalue weighted by atomic mass is 16.6. The van der Waals surface area contributed by atoms with E-state index in [0.717, 1.165) is 0 Å². The molecule has 1 aliphatic heterocycles. The van der Waals surface area contributed by atoms with Gasteiger partial charge < -0.3 is 37.3 Å². The molecular weight excluding hydrogens is 358 g/mol. The average Bonchev–Trinajstić information content (AvgIpc) is 3.17. The van der Waals surface area contributed by atoms with Crippen LogP contribution < -0.4 is 17.2 Å². The Morgan fingerprint density at radius 2 is 1.96 bits per heavy atom. The van der Waals surface area contributed by atoms with Gasteiger partial charge in [-0.05, 0) is 19.3 Å². The molecule has 3 rings (SSSR count). The molecular formula is C15H23N7O5. The molecule has 2 aromatic heterocycles. The van der Waals surface area contributed by atoms with Gasteiger partial charge in [-0.1, -0.05) is 0 Å². The summed E-state index contributed by atoms with van der Waals surface area (Å²) in [6.07, 6.45) is -0.604. The van der Waals surface area contributed by atoms with Crippen LogP contribution in [0, 0.1) is 0 Å². The van der Waals surface area contributed by atoms with E-state index in [0.29, 0.717) is 17.6 Å². The summed E-state index contributed by atoms with van der Waals surface area (Å²) in [4.78, 5) is 22.8. The molecule has 2 aromatic rings. The van der Waals surface area contributed by atoms with Crippen LogP contribution in [-0.2, 0) is 9.53 Å². The minimum atomic E-state index is -1.22. The van der Waals surface area contributed by atoms with Crippen LogP contribution in [0.25, 0.3) is 11.2 Å². The number of aromatic nitrogens is 4. The molecule has 1 unspecified atom stereocenters. The standard InChI is InChI=1S/C15H23N7O5/c16-6(1-2-7(17)15(25)26)3-8-10(23)11(24)14(27-8)22-5-21-9-12(18)19-4-20-13(9)22/h4-8,10-11,14,23-24H,1-3,16-17H2,(H,25,26)(H2,18,19,20)/t6-,7-,8-,10?,11+,14-/m1/s1. The Balaban J connectivity index is 1.68. The van der Waals surface area contributed by atoms with Gasteiger partial charge in [-0.2, -0.15) is 0 Å². The first-order valence-electron chi connectivity index (χ1n) is 8.48. The van der Waals surface area contributed by atoms with Gasteiger partial charge in [-0.15, -0.1) is 0 Å². The zero-order valence-electron chi connectivity index (χ0n) is 14.4. The molecule has 12 nitrogen and oxygen atoms in total. The van der Waals surface area contributed by atoms with Crippen molar-refractivity contribution in [3.05, 3.63) is 12.7 Å². The third-order valence-corrected chi connectivity index (χ3v) is 4.70. The largest absolute Gasteiger partial charge is 0.480 e. The van der Waals surface area contributed by atoms with Gasteiger partial charge in [-0.25, -0.2) is 15.0 Å².